The molecule has 5 heteroatoms. The fraction of sp³-hybridized carbons (Fsp3) is 0.417. The first-order chi connectivity index (χ1) is 8.08. The molecule has 1 rings (SSSR count). The molecule has 0 aromatic heterocycles. The highest BCUT2D eigenvalue weighted by atomic mass is 35.5. The number of benzene rings is 1. The van der Waals surface area contributed by atoms with Gasteiger partial charge in [0.25, 0.3) is 0 Å². The van der Waals surface area contributed by atoms with Gasteiger partial charge in [0, 0.05) is 6.42 Å². The van der Waals surface area contributed by atoms with Crippen molar-refractivity contribution in [1.29, 1.82) is 0 Å². The van der Waals surface area contributed by atoms with Crippen LogP contribution in [-0.2, 0) is 11.2 Å². The molecule has 0 heterocycles. The molecule has 0 saturated carbocycles. The van der Waals surface area contributed by atoms with E-state index in [0.29, 0.717) is 29.5 Å². The normalized spacial score (nSPS) is 10.1. The van der Waals surface area contributed by atoms with E-state index in [4.69, 9.17) is 26.2 Å². The molecule has 94 valence electrons. The van der Waals surface area contributed by atoms with E-state index in [2.05, 4.69) is 0 Å². The predicted octanol–water partition coefficient (Wildman–Crippen LogP) is 2.76. The molecule has 0 atom stereocenters. The van der Waals surface area contributed by atoms with E-state index in [0.717, 1.165) is 5.56 Å². The van der Waals surface area contributed by atoms with Crippen molar-refractivity contribution in [3.8, 4) is 11.5 Å². The van der Waals surface area contributed by atoms with Crippen LogP contribution in [0.5, 0.6) is 11.5 Å². The van der Waals surface area contributed by atoms with Crippen molar-refractivity contribution in [1.82, 2.24) is 0 Å². The average molecular weight is 259 g/mol. The van der Waals surface area contributed by atoms with Crippen LogP contribution < -0.4 is 9.47 Å². The van der Waals surface area contributed by atoms with E-state index in [9.17, 15) is 4.79 Å². The minimum Gasteiger partial charge on any atom is -0.493 e. The minimum atomic E-state index is -0.839. The molecule has 0 unspecified atom stereocenters. The van der Waals surface area contributed by atoms with Gasteiger partial charge in [-0.25, -0.2) is 0 Å². The third kappa shape index (κ3) is 3.82. The summed E-state index contributed by atoms with van der Waals surface area (Å²) in [7, 11) is 1.52. The number of halogens is 1. The van der Waals surface area contributed by atoms with Crippen LogP contribution in [0.2, 0.25) is 5.02 Å². The third-order valence-electron chi connectivity index (χ3n) is 2.21. The Morgan fingerprint density at radius 1 is 1.47 bits per heavy atom. The van der Waals surface area contributed by atoms with Gasteiger partial charge < -0.3 is 14.6 Å². The van der Waals surface area contributed by atoms with Gasteiger partial charge in [0.05, 0.1) is 18.7 Å². The lowest BCUT2D eigenvalue weighted by Gasteiger charge is -2.12. The predicted molar refractivity (Wildman–Crippen MR) is 65.1 cm³/mol. The quantitative estimate of drug-likeness (QED) is 0.852. The largest absolute Gasteiger partial charge is 0.493 e. The van der Waals surface area contributed by atoms with Crippen LogP contribution in [0.4, 0.5) is 0 Å². The molecule has 0 aliphatic rings. The maximum atomic E-state index is 10.5. The van der Waals surface area contributed by atoms with Crippen LogP contribution in [0.1, 0.15) is 18.9 Å². The van der Waals surface area contributed by atoms with E-state index in [1.165, 1.54) is 7.11 Å². The summed E-state index contributed by atoms with van der Waals surface area (Å²) >= 11 is 6.05. The maximum Gasteiger partial charge on any atom is 0.303 e. The molecule has 0 fully saturated rings. The second-order valence-corrected chi connectivity index (χ2v) is 3.84. The summed E-state index contributed by atoms with van der Waals surface area (Å²) in [6.07, 6.45) is 0.477. The lowest BCUT2D eigenvalue weighted by Crippen LogP contribution is -2.00. The number of ether oxygens (including phenoxy) is 2. The average Bonchev–Trinajstić information content (AvgIpc) is 2.29. The number of carboxylic acids is 1. The second-order valence-electron chi connectivity index (χ2n) is 3.44. The SMILES string of the molecule is CCOc1c(Cl)cc(CCC(=O)O)cc1OC. The Kier molecular flexibility index (Phi) is 5.10. The minimum absolute atomic E-state index is 0.0630. The van der Waals surface area contributed by atoms with Gasteiger partial charge in [-0.15, -0.1) is 0 Å². The zero-order valence-corrected chi connectivity index (χ0v) is 10.6. The Hall–Kier alpha value is -1.42. The van der Waals surface area contributed by atoms with E-state index >= 15 is 0 Å². The van der Waals surface area contributed by atoms with E-state index in [-0.39, 0.29) is 6.42 Å². The zero-order chi connectivity index (χ0) is 12.8. The molecule has 1 aromatic carbocycles. The summed E-state index contributed by atoms with van der Waals surface area (Å²) in [6, 6.07) is 3.46. The van der Waals surface area contributed by atoms with Gasteiger partial charge in [0.15, 0.2) is 11.5 Å². The summed E-state index contributed by atoms with van der Waals surface area (Å²) in [5.41, 5.74) is 0.817. The Labute approximate surface area is 105 Å². The second kappa shape index (κ2) is 6.35. The molecular weight excluding hydrogens is 244 g/mol. The van der Waals surface area contributed by atoms with Gasteiger partial charge >= 0.3 is 5.97 Å². The fourth-order valence-electron chi connectivity index (χ4n) is 1.45. The number of hydrogen-bond acceptors (Lipinski definition) is 3. The number of aryl methyl sites for hydroxylation is 1. The molecular formula is C12H15ClO4. The van der Waals surface area contributed by atoms with Crippen molar-refractivity contribution >= 4 is 17.6 Å². The Morgan fingerprint density at radius 3 is 2.71 bits per heavy atom. The first-order valence-electron chi connectivity index (χ1n) is 5.29. The van der Waals surface area contributed by atoms with Gasteiger partial charge in [-0.1, -0.05) is 11.6 Å². The van der Waals surface area contributed by atoms with Crippen molar-refractivity contribution in [3.63, 3.8) is 0 Å². The zero-order valence-electron chi connectivity index (χ0n) is 9.83. The van der Waals surface area contributed by atoms with E-state index < -0.39 is 5.97 Å². The Morgan fingerprint density at radius 2 is 2.18 bits per heavy atom. The summed E-state index contributed by atoms with van der Waals surface area (Å²) < 4.78 is 10.5. The number of hydrogen-bond donors (Lipinski definition) is 1. The highest BCUT2D eigenvalue weighted by Gasteiger charge is 2.12. The summed E-state index contributed by atoms with van der Waals surface area (Å²) in [6.45, 7) is 2.35. The van der Waals surface area contributed by atoms with Gasteiger partial charge in [0.2, 0.25) is 0 Å². The molecule has 0 saturated heterocycles. The highest BCUT2D eigenvalue weighted by Crippen LogP contribution is 2.36. The van der Waals surface area contributed by atoms with E-state index in [1.807, 2.05) is 6.92 Å². The van der Waals surface area contributed by atoms with Crippen molar-refractivity contribution in [2.75, 3.05) is 13.7 Å². The van der Waals surface area contributed by atoms with Gasteiger partial charge in [0.1, 0.15) is 0 Å². The molecule has 0 amide bonds. The van der Waals surface area contributed by atoms with Crippen LogP contribution in [-0.4, -0.2) is 24.8 Å². The summed E-state index contributed by atoms with van der Waals surface area (Å²) in [4.78, 5) is 10.5. The molecule has 0 spiro atoms. The molecule has 0 aliphatic carbocycles. The molecule has 0 aliphatic heterocycles. The molecule has 0 radical (unpaired) electrons. The molecule has 4 nitrogen and oxygen atoms in total. The van der Waals surface area contributed by atoms with Crippen molar-refractivity contribution in [2.45, 2.75) is 19.8 Å². The van der Waals surface area contributed by atoms with Gasteiger partial charge in [-0.2, -0.15) is 0 Å². The molecule has 0 bridgehead atoms. The van der Waals surface area contributed by atoms with Crippen LogP contribution in [0.15, 0.2) is 12.1 Å². The number of aliphatic carboxylic acids is 1. The first kappa shape index (κ1) is 13.6. The topological polar surface area (TPSA) is 55.8 Å². The maximum absolute atomic E-state index is 10.5. The highest BCUT2D eigenvalue weighted by molar-refractivity contribution is 6.32. The number of methoxy groups -OCH3 is 1. The lowest BCUT2D eigenvalue weighted by molar-refractivity contribution is -0.136. The van der Waals surface area contributed by atoms with Crippen molar-refractivity contribution in [2.24, 2.45) is 0 Å². The third-order valence-corrected chi connectivity index (χ3v) is 2.49. The van der Waals surface area contributed by atoms with Crippen molar-refractivity contribution in [3.05, 3.63) is 22.7 Å². The fourth-order valence-corrected chi connectivity index (χ4v) is 1.74. The van der Waals surface area contributed by atoms with Crippen LogP contribution in [0.25, 0.3) is 0 Å². The number of rotatable bonds is 6. The Bertz CT molecular complexity index is 404. The monoisotopic (exact) mass is 258 g/mol. The smallest absolute Gasteiger partial charge is 0.303 e. The van der Waals surface area contributed by atoms with Crippen LogP contribution in [0.3, 0.4) is 0 Å². The van der Waals surface area contributed by atoms with Crippen LogP contribution >= 0.6 is 11.6 Å². The Balaban J connectivity index is 2.95. The van der Waals surface area contributed by atoms with Gasteiger partial charge in [-0.05, 0) is 31.0 Å². The number of carboxylic acid groups (broad SMARTS) is 1. The summed E-state index contributed by atoms with van der Waals surface area (Å²) in [5.74, 6) is 0.185. The standard InChI is InChI=1S/C12H15ClO4/c1-3-17-12-9(13)6-8(4-5-11(14)15)7-10(12)16-2/h6-7H,3-5H2,1-2H3,(H,14,15). The lowest BCUT2D eigenvalue weighted by atomic mass is 10.1. The molecule has 1 aromatic rings. The molecule has 17 heavy (non-hydrogen) atoms. The van der Waals surface area contributed by atoms with Gasteiger partial charge in [-0.3, -0.25) is 4.79 Å². The van der Waals surface area contributed by atoms with Crippen molar-refractivity contribution < 1.29 is 19.4 Å². The summed E-state index contributed by atoms with van der Waals surface area (Å²) in [5, 5.41) is 9.06. The molecule has 1 N–H and O–H groups in total. The number of carbonyl (C=O) groups is 1. The van der Waals surface area contributed by atoms with Crippen LogP contribution in [0, 0.1) is 0 Å². The first-order valence-corrected chi connectivity index (χ1v) is 5.67. The van der Waals surface area contributed by atoms with E-state index in [1.54, 1.807) is 12.1 Å².